The third-order valence-corrected chi connectivity index (χ3v) is 4.21. The van der Waals surface area contributed by atoms with Crippen molar-refractivity contribution in [3.63, 3.8) is 0 Å². The van der Waals surface area contributed by atoms with Crippen molar-refractivity contribution < 1.29 is 14.4 Å². The molecule has 22 heavy (non-hydrogen) atoms. The standard InChI is InChI=1S/C14H20N4O3S/c1-2-15-14(21)16-12(19)10-17-5-7-18(8-6-17)13(20)11-4-3-9-22-11/h3-4,9H,2,5-8,10H2,1H3,(H2,15,16,19,21). The summed E-state index contributed by atoms with van der Waals surface area (Å²) in [6.07, 6.45) is 0. The predicted octanol–water partition coefficient (Wildman–Crippen LogP) is 0.352. The molecule has 4 amide bonds. The van der Waals surface area contributed by atoms with Crippen LogP contribution in [-0.4, -0.2) is 66.9 Å². The smallest absolute Gasteiger partial charge is 0.321 e. The number of imide groups is 1. The van der Waals surface area contributed by atoms with Gasteiger partial charge >= 0.3 is 6.03 Å². The lowest BCUT2D eigenvalue weighted by atomic mass is 10.3. The number of carbonyl (C=O) groups is 3. The summed E-state index contributed by atoms with van der Waals surface area (Å²) < 4.78 is 0. The van der Waals surface area contributed by atoms with Crippen LogP contribution in [0.1, 0.15) is 16.6 Å². The van der Waals surface area contributed by atoms with Crippen molar-refractivity contribution in [1.29, 1.82) is 0 Å². The minimum Gasteiger partial charge on any atom is -0.338 e. The van der Waals surface area contributed by atoms with E-state index in [4.69, 9.17) is 0 Å². The third kappa shape index (κ3) is 4.54. The Balaban J connectivity index is 1.74. The summed E-state index contributed by atoms with van der Waals surface area (Å²) >= 11 is 1.43. The molecule has 0 unspecified atom stereocenters. The van der Waals surface area contributed by atoms with Crippen LogP contribution in [0, 0.1) is 0 Å². The largest absolute Gasteiger partial charge is 0.338 e. The highest BCUT2D eigenvalue weighted by Crippen LogP contribution is 2.13. The van der Waals surface area contributed by atoms with Crippen LogP contribution in [0.5, 0.6) is 0 Å². The van der Waals surface area contributed by atoms with Crippen LogP contribution >= 0.6 is 11.3 Å². The molecule has 1 fully saturated rings. The average molecular weight is 324 g/mol. The molecule has 0 aromatic carbocycles. The van der Waals surface area contributed by atoms with Gasteiger partial charge in [0.2, 0.25) is 5.91 Å². The van der Waals surface area contributed by atoms with Gasteiger partial charge in [-0.25, -0.2) is 4.79 Å². The van der Waals surface area contributed by atoms with Gasteiger partial charge in [-0.3, -0.25) is 19.8 Å². The number of thiophene rings is 1. The fraction of sp³-hybridized carbons (Fsp3) is 0.500. The van der Waals surface area contributed by atoms with Gasteiger partial charge in [-0.15, -0.1) is 11.3 Å². The molecule has 1 aromatic heterocycles. The van der Waals surface area contributed by atoms with E-state index in [0.29, 0.717) is 32.7 Å². The lowest BCUT2D eigenvalue weighted by Crippen LogP contribution is -2.52. The van der Waals surface area contributed by atoms with Gasteiger partial charge in [0.25, 0.3) is 5.91 Å². The highest BCUT2D eigenvalue weighted by molar-refractivity contribution is 7.12. The Kier molecular flexibility index (Phi) is 5.91. The third-order valence-electron chi connectivity index (χ3n) is 3.35. The first kappa shape index (κ1) is 16.4. The zero-order valence-corrected chi connectivity index (χ0v) is 13.3. The number of piperazine rings is 1. The van der Waals surface area contributed by atoms with Crippen molar-refractivity contribution in [2.75, 3.05) is 39.3 Å². The van der Waals surface area contributed by atoms with E-state index in [-0.39, 0.29) is 18.4 Å². The van der Waals surface area contributed by atoms with Crippen LogP contribution in [0.3, 0.4) is 0 Å². The average Bonchev–Trinajstić information content (AvgIpc) is 3.01. The van der Waals surface area contributed by atoms with Gasteiger partial charge in [0, 0.05) is 32.7 Å². The van der Waals surface area contributed by atoms with E-state index in [1.165, 1.54) is 11.3 Å². The van der Waals surface area contributed by atoms with Gasteiger partial charge in [0.15, 0.2) is 0 Å². The monoisotopic (exact) mass is 324 g/mol. The molecule has 0 atom stereocenters. The van der Waals surface area contributed by atoms with Gasteiger partial charge in [0.05, 0.1) is 11.4 Å². The van der Waals surface area contributed by atoms with Crippen molar-refractivity contribution in [1.82, 2.24) is 20.4 Å². The fourth-order valence-corrected chi connectivity index (χ4v) is 2.93. The summed E-state index contributed by atoms with van der Waals surface area (Å²) in [5.41, 5.74) is 0. The second-order valence-electron chi connectivity index (χ2n) is 4.95. The van der Waals surface area contributed by atoms with E-state index in [1.807, 2.05) is 22.4 Å². The Hall–Kier alpha value is -1.93. The maximum absolute atomic E-state index is 12.2. The summed E-state index contributed by atoms with van der Waals surface area (Å²) in [5, 5.41) is 6.67. The molecule has 120 valence electrons. The molecule has 1 aromatic rings. The summed E-state index contributed by atoms with van der Waals surface area (Å²) in [6, 6.07) is 3.21. The van der Waals surface area contributed by atoms with Crippen LogP contribution in [0.25, 0.3) is 0 Å². The predicted molar refractivity (Wildman–Crippen MR) is 83.9 cm³/mol. The minimum atomic E-state index is -0.473. The molecule has 0 spiro atoms. The molecule has 7 nitrogen and oxygen atoms in total. The fourth-order valence-electron chi connectivity index (χ4n) is 2.24. The first-order valence-corrected chi connectivity index (χ1v) is 8.11. The lowest BCUT2D eigenvalue weighted by molar-refractivity contribution is -0.121. The number of nitrogens with zero attached hydrogens (tertiary/aromatic N) is 2. The lowest BCUT2D eigenvalue weighted by Gasteiger charge is -2.34. The molecular formula is C14H20N4O3S. The number of urea groups is 1. The molecule has 2 heterocycles. The Labute approximate surface area is 133 Å². The molecule has 1 aliphatic heterocycles. The maximum Gasteiger partial charge on any atom is 0.321 e. The molecule has 8 heteroatoms. The molecule has 1 aliphatic rings. The number of hydrogen-bond acceptors (Lipinski definition) is 5. The van der Waals surface area contributed by atoms with Crippen LogP contribution in [0.15, 0.2) is 17.5 Å². The van der Waals surface area contributed by atoms with Crippen LogP contribution in [0.2, 0.25) is 0 Å². The Morgan fingerprint density at radius 2 is 1.95 bits per heavy atom. The van der Waals surface area contributed by atoms with E-state index in [9.17, 15) is 14.4 Å². The quantitative estimate of drug-likeness (QED) is 0.837. The number of nitrogens with one attached hydrogen (secondary N) is 2. The molecular weight excluding hydrogens is 304 g/mol. The summed E-state index contributed by atoms with van der Waals surface area (Å²) in [4.78, 5) is 39.6. The van der Waals surface area contributed by atoms with Gasteiger partial charge in [-0.1, -0.05) is 6.07 Å². The zero-order valence-electron chi connectivity index (χ0n) is 12.5. The van der Waals surface area contributed by atoms with Crippen molar-refractivity contribution in [3.8, 4) is 0 Å². The first-order chi connectivity index (χ1) is 10.6. The van der Waals surface area contributed by atoms with Crippen molar-refractivity contribution >= 4 is 29.2 Å². The molecule has 0 bridgehead atoms. The van der Waals surface area contributed by atoms with E-state index in [0.717, 1.165) is 4.88 Å². The van der Waals surface area contributed by atoms with Crippen molar-refractivity contribution in [2.45, 2.75) is 6.92 Å². The van der Waals surface area contributed by atoms with E-state index in [1.54, 1.807) is 11.8 Å². The first-order valence-electron chi connectivity index (χ1n) is 7.23. The van der Waals surface area contributed by atoms with Crippen LogP contribution in [-0.2, 0) is 4.79 Å². The highest BCUT2D eigenvalue weighted by atomic mass is 32.1. The second-order valence-corrected chi connectivity index (χ2v) is 5.90. The highest BCUT2D eigenvalue weighted by Gasteiger charge is 2.24. The van der Waals surface area contributed by atoms with E-state index >= 15 is 0 Å². The Morgan fingerprint density at radius 3 is 2.55 bits per heavy atom. The molecule has 2 N–H and O–H groups in total. The summed E-state index contributed by atoms with van der Waals surface area (Å²) in [7, 11) is 0. The Bertz CT molecular complexity index is 524. The number of rotatable bonds is 4. The van der Waals surface area contributed by atoms with Gasteiger partial charge < -0.3 is 10.2 Å². The number of carbonyl (C=O) groups excluding carboxylic acids is 3. The molecule has 2 rings (SSSR count). The normalized spacial score (nSPS) is 15.4. The SMILES string of the molecule is CCNC(=O)NC(=O)CN1CCN(C(=O)c2cccs2)CC1. The maximum atomic E-state index is 12.2. The molecule has 0 radical (unpaired) electrons. The number of amides is 4. The van der Waals surface area contributed by atoms with Crippen molar-refractivity contribution in [2.24, 2.45) is 0 Å². The zero-order chi connectivity index (χ0) is 15.9. The minimum absolute atomic E-state index is 0.0430. The summed E-state index contributed by atoms with van der Waals surface area (Å²) in [6.45, 7) is 4.85. The second kappa shape index (κ2) is 7.90. The molecule has 0 aliphatic carbocycles. The topological polar surface area (TPSA) is 81.8 Å². The molecule has 0 saturated carbocycles. The van der Waals surface area contributed by atoms with Gasteiger partial charge in [0.1, 0.15) is 0 Å². The van der Waals surface area contributed by atoms with Crippen molar-refractivity contribution in [3.05, 3.63) is 22.4 Å². The Morgan fingerprint density at radius 1 is 1.23 bits per heavy atom. The van der Waals surface area contributed by atoms with Gasteiger partial charge in [-0.2, -0.15) is 0 Å². The number of hydrogen-bond donors (Lipinski definition) is 2. The summed E-state index contributed by atoms with van der Waals surface area (Å²) in [5.74, 6) is -0.287. The van der Waals surface area contributed by atoms with Crippen LogP contribution < -0.4 is 10.6 Å². The van der Waals surface area contributed by atoms with E-state index in [2.05, 4.69) is 10.6 Å². The van der Waals surface area contributed by atoms with Crippen LogP contribution in [0.4, 0.5) is 4.79 Å². The van der Waals surface area contributed by atoms with Gasteiger partial charge in [-0.05, 0) is 18.4 Å². The molecule has 1 saturated heterocycles. The van der Waals surface area contributed by atoms with E-state index < -0.39 is 6.03 Å².